The Morgan fingerprint density at radius 3 is 2.52 bits per heavy atom. The lowest BCUT2D eigenvalue weighted by Crippen LogP contribution is -1.97. The number of hydrogen-bond acceptors (Lipinski definition) is 2. The molecule has 29 heavy (non-hydrogen) atoms. The molecule has 0 aliphatic heterocycles. The fourth-order valence-corrected chi connectivity index (χ4v) is 3.24. The molecule has 0 spiro atoms. The largest absolute Gasteiger partial charge is 0.486 e. The van der Waals surface area contributed by atoms with E-state index < -0.39 is 0 Å². The molecular weight excluding hydrogens is 363 g/mol. The van der Waals surface area contributed by atoms with Crippen LogP contribution in [0.5, 0.6) is 5.75 Å². The van der Waals surface area contributed by atoms with Gasteiger partial charge in [0.25, 0.3) is 0 Å². The summed E-state index contributed by atoms with van der Waals surface area (Å²) in [6, 6.07) is 17.5. The summed E-state index contributed by atoms with van der Waals surface area (Å²) in [5, 5.41) is 11.6. The highest BCUT2D eigenvalue weighted by Crippen LogP contribution is 2.29. The lowest BCUT2D eigenvalue weighted by Gasteiger charge is -2.08. The van der Waals surface area contributed by atoms with E-state index in [1.54, 1.807) is 12.1 Å². The Morgan fingerprint density at radius 2 is 1.76 bits per heavy atom. The molecule has 0 radical (unpaired) electrons. The first-order valence-electron chi connectivity index (χ1n) is 9.99. The molecule has 0 bridgehead atoms. The summed E-state index contributed by atoms with van der Waals surface area (Å²) in [5.41, 5.74) is 2.93. The van der Waals surface area contributed by atoms with Gasteiger partial charge in [0, 0.05) is 0 Å². The summed E-state index contributed by atoms with van der Waals surface area (Å²) in [7, 11) is 0. The van der Waals surface area contributed by atoms with Crippen LogP contribution in [0.2, 0.25) is 0 Å². The van der Waals surface area contributed by atoms with Crippen LogP contribution in [0, 0.1) is 5.82 Å². The zero-order valence-electron chi connectivity index (χ0n) is 16.8. The summed E-state index contributed by atoms with van der Waals surface area (Å²) in [5.74, 6) is -0.139. The molecule has 2 nitrogen and oxygen atoms in total. The second kappa shape index (κ2) is 10.0. The normalized spacial score (nSPS) is 12.4. The van der Waals surface area contributed by atoms with E-state index in [1.165, 1.54) is 6.07 Å². The summed E-state index contributed by atoms with van der Waals surface area (Å²) in [6.45, 7) is 5.68. The second-order valence-corrected chi connectivity index (χ2v) is 7.25. The quantitative estimate of drug-likeness (QED) is 0.322. The van der Waals surface area contributed by atoms with Gasteiger partial charge in [0.15, 0.2) is 11.6 Å². The minimum atomic E-state index is -0.375. The van der Waals surface area contributed by atoms with E-state index >= 15 is 0 Å². The van der Waals surface area contributed by atoms with Crippen LogP contribution < -0.4 is 4.74 Å². The summed E-state index contributed by atoms with van der Waals surface area (Å²) in [4.78, 5) is 0. The van der Waals surface area contributed by atoms with Crippen molar-refractivity contribution in [1.82, 2.24) is 0 Å². The number of halogens is 1. The van der Waals surface area contributed by atoms with Gasteiger partial charge in [-0.15, -0.1) is 0 Å². The van der Waals surface area contributed by atoms with E-state index in [0.29, 0.717) is 0 Å². The van der Waals surface area contributed by atoms with E-state index in [0.717, 1.165) is 46.7 Å². The van der Waals surface area contributed by atoms with Gasteiger partial charge in [0.05, 0.1) is 6.10 Å². The number of allylic oxidation sites excluding steroid dienone is 1. The maximum absolute atomic E-state index is 14.3. The standard InChI is InChI=1S/C26H27FO2/c1-3-15-29-26-14-13-24(18-25(26)27)23-12-11-21-16-20(9-10-22(21)17-23)8-6-4-5-7-19(2)28/h3,6,8-14,16-19,28H,1,4-5,7,15H2,2H3. The van der Waals surface area contributed by atoms with Gasteiger partial charge in [-0.3, -0.25) is 0 Å². The molecule has 0 saturated heterocycles. The highest BCUT2D eigenvalue weighted by molar-refractivity contribution is 5.89. The molecular formula is C26H27FO2. The van der Waals surface area contributed by atoms with Crippen LogP contribution in [-0.2, 0) is 0 Å². The van der Waals surface area contributed by atoms with Gasteiger partial charge in [-0.05, 0) is 77.9 Å². The third-order valence-corrected chi connectivity index (χ3v) is 4.79. The smallest absolute Gasteiger partial charge is 0.165 e. The Bertz CT molecular complexity index is 1000. The minimum Gasteiger partial charge on any atom is -0.486 e. The van der Waals surface area contributed by atoms with Gasteiger partial charge >= 0.3 is 0 Å². The third-order valence-electron chi connectivity index (χ3n) is 4.79. The molecule has 1 atom stereocenters. The molecule has 0 amide bonds. The van der Waals surface area contributed by atoms with Crippen molar-refractivity contribution >= 4 is 16.8 Å². The maximum Gasteiger partial charge on any atom is 0.165 e. The molecule has 3 heteroatoms. The van der Waals surface area contributed by atoms with Crippen LogP contribution in [0.3, 0.4) is 0 Å². The molecule has 0 aromatic heterocycles. The molecule has 0 aliphatic carbocycles. The van der Waals surface area contributed by atoms with Crippen LogP contribution >= 0.6 is 0 Å². The average molecular weight is 390 g/mol. The molecule has 3 aromatic rings. The molecule has 0 fully saturated rings. The van der Waals surface area contributed by atoms with Gasteiger partial charge in [-0.25, -0.2) is 4.39 Å². The zero-order valence-corrected chi connectivity index (χ0v) is 16.8. The van der Waals surface area contributed by atoms with Crippen molar-refractivity contribution in [2.24, 2.45) is 0 Å². The molecule has 0 heterocycles. The summed E-state index contributed by atoms with van der Waals surface area (Å²) < 4.78 is 19.6. The Kier molecular flexibility index (Phi) is 7.20. The number of aliphatic hydroxyl groups excluding tert-OH is 1. The third kappa shape index (κ3) is 5.78. The monoisotopic (exact) mass is 390 g/mol. The fraction of sp³-hybridized carbons (Fsp3) is 0.231. The predicted octanol–water partition coefficient (Wildman–Crippen LogP) is 6.78. The van der Waals surface area contributed by atoms with Crippen LogP contribution in [0.4, 0.5) is 4.39 Å². The Labute approximate surface area is 172 Å². The van der Waals surface area contributed by atoms with Gasteiger partial charge in [-0.1, -0.05) is 55.1 Å². The number of rotatable bonds is 9. The molecule has 0 saturated carbocycles. The maximum atomic E-state index is 14.3. The van der Waals surface area contributed by atoms with Crippen molar-refractivity contribution in [3.05, 3.63) is 84.7 Å². The fourth-order valence-electron chi connectivity index (χ4n) is 3.24. The predicted molar refractivity (Wildman–Crippen MR) is 120 cm³/mol. The molecule has 3 aromatic carbocycles. The molecule has 1 N–H and O–H groups in total. The van der Waals surface area contributed by atoms with E-state index in [-0.39, 0.29) is 24.3 Å². The average Bonchev–Trinajstić information content (AvgIpc) is 2.72. The molecule has 3 rings (SSSR count). The van der Waals surface area contributed by atoms with Gasteiger partial charge in [0.2, 0.25) is 0 Å². The van der Waals surface area contributed by atoms with Gasteiger partial charge in [-0.2, -0.15) is 0 Å². The van der Waals surface area contributed by atoms with Crippen molar-refractivity contribution in [3.8, 4) is 16.9 Å². The number of hydrogen-bond donors (Lipinski definition) is 1. The van der Waals surface area contributed by atoms with Gasteiger partial charge in [0.1, 0.15) is 6.61 Å². The van der Waals surface area contributed by atoms with E-state index in [1.807, 2.05) is 19.1 Å². The SMILES string of the molecule is C=CCOc1ccc(-c2ccc3cc(C=CCCCC(C)O)ccc3c2)cc1F. The minimum absolute atomic E-state index is 0.234. The number of fused-ring (bicyclic) bond motifs is 1. The number of benzene rings is 3. The van der Waals surface area contributed by atoms with Crippen molar-refractivity contribution in [2.45, 2.75) is 32.3 Å². The highest BCUT2D eigenvalue weighted by atomic mass is 19.1. The zero-order chi connectivity index (χ0) is 20.6. The van der Waals surface area contributed by atoms with E-state index in [4.69, 9.17) is 4.74 Å². The van der Waals surface area contributed by atoms with Crippen LogP contribution in [0.25, 0.3) is 28.0 Å². The molecule has 1 unspecified atom stereocenters. The number of unbranched alkanes of at least 4 members (excludes halogenated alkanes) is 1. The van der Waals surface area contributed by atoms with Gasteiger partial charge < -0.3 is 9.84 Å². The van der Waals surface area contributed by atoms with Crippen molar-refractivity contribution in [1.29, 1.82) is 0 Å². The van der Waals surface area contributed by atoms with Crippen LogP contribution in [0.15, 0.2) is 73.3 Å². The van der Waals surface area contributed by atoms with Crippen molar-refractivity contribution in [3.63, 3.8) is 0 Å². The van der Waals surface area contributed by atoms with Crippen LogP contribution in [-0.4, -0.2) is 17.8 Å². The summed E-state index contributed by atoms with van der Waals surface area (Å²) in [6.07, 6.45) is 8.40. The topological polar surface area (TPSA) is 29.5 Å². The first-order valence-corrected chi connectivity index (χ1v) is 9.99. The first kappa shape index (κ1) is 20.8. The lowest BCUT2D eigenvalue weighted by molar-refractivity contribution is 0.182. The second-order valence-electron chi connectivity index (χ2n) is 7.25. The number of ether oxygens (including phenoxy) is 1. The Balaban J connectivity index is 1.74. The lowest BCUT2D eigenvalue weighted by atomic mass is 9.99. The Morgan fingerprint density at radius 1 is 1.03 bits per heavy atom. The van der Waals surface area contributed by atoms with E-state index in [2.05, 4.69) is 49.1 Å². The first-order chi connectivity index (χ1) is 14.1. The highest BCUT2D eigenvalue weighted by Gasteiger charge is 2.07. The van der Waals surface area contributed by atoms with Crippen LogP contribution in [0.1, 0.15) is 31.7 Å². The van der Waals surface area contributed by atoms with E-state index in [9.17, 15) is 9.50 Å². The molecule has 0 aliphatic rings. The number of aliphatic hydroxyl groups is 1. The molecule has 150 valence electrons. The Hall–Kier alpha value is -2.91. The van der Waals surface area contributed by atoms with Crippen molar-refractivity contribution < 1.29 is 14.2 Å². The van der Waals surface area contributed by atoms with Crippen molar-refractivity contribution in [2.75, 3.05) is 6.61 Å². The summed E-state index contributed by atoms with van der Waals surface area (Å²) >= 11 is 0.